The zero-order valence-electron chi connectivity index (χ0n) is 13.6. The number of rotatable bonds is 4. The number of ether oxygens (including phenoxy) is 1. The van der Waals surface area contributed by atoms with Crippen LogP contribution in [0.15, 0.2) is 29.2 Å². The number of esters is 1. The molecule has 0 fully saturated rings. The summed E-state index contributed by atoms with van der Waals surface area (Å²) in [4.78, 5) is 27.1. The van der Waals surface area contributed by atoms with E-state index in [2.05, 4.69) is 10.6 Å². The number of anilines is 1. The molecule has 1 aromatic heterocycles. The van der Waals surface area contributed by atoms with Crippen LogP contribution in [-0.2, 0) is 4.74 Å². The average molecular weight is 362 g/mol. The van der Waals surface area contributed by atoms with Gasteiger partial charge >= 0.3 is 5.97 Å². The molecule has 0 radical (unpaired) electrons. The number of aryl methyl sites for hydroxylation is 1. The molecule has 0 saturated carbocycles. The van der Waals surface area contributed by atoms with E-state index in [-0.39, 0.29) is 12.1 Å². The van der Waals surface area contributed by atoms with E-state index in [4.69, 9.17) is 4.74 Å². The third-order valence-electron chi connectivity index (χ3n) is 3.79. The van der Waals surface area contributed by atoms with Crippen LogP contribution in [0.2, 0.25) is 0 Å². The van der Waals surface area contributed by atoms with Crippen LogP contribution in [0.4, 0.5) is 5.69 Å². The van der Waals surface area contributed by atoms with Gasteiger partial charge in [0.2, 0.25) is 0 Å². The molecule has 1 aromatic carbocycles. The van der Waals surface area contributed by atoms with Gasteiger partial charge in [0, 0.05) is 9.77 Å². The first kappa shape index (κ1) is 16.9. The van der Waals surface area contributed by atoms with Gasteiger partial charge < -0.3 is 15.4 Å². The van der Waals surface area contributed by atoms with Crippen molar-refractivity contribution in [2.24, 2.45) is 0 Å². The molecule has 1 aliphatic heterocycles. The lowest BCUT2D eigenvalue weighted by molar-refractivity contribution is 0.0533. The molecule has 2 N–H and O–H groups in total. The Bertz CT molecular complexity index is 784. The zero-order chi connectivity index (χ0) is 17.3. The number of hydrogen-bond donors (Lipinski definition) is 2. The predicted molar refractivity (Wildman–Crippen MR) is 97.1 cm³/mol. The van der Waals surface area contributed by atoms with Crippen LogP contribution in [-0.4, -0.2) is 24.7 Å². The van der Waals surface area contributed by atoms with Crippen molar-refractivity contribution in [1.29, 1.82) is 0 Å². The fourth-order valence-corrected chi connectivity index (χ4v) is 4.06. The maximum atomic E-state index is 12.5. The van der Waals surface area contributed by atoms with E-state index in [0.29, 0.717) is 22.7 Å². The van der Waals surface area contributed by atoms with Gasteiger partial charge in [0.05, 0.1) is 17.9 Å². The first-order chi connectivity index (χ1) is 11.5. The second-order valence-electron chi connectivity index (χ2n) is 5.28. The van der Waals surface area contributed by atoms with Gasteiger partial charge in [0.25, 0.3) is 5.91 Å². The molecular formula is C17H18N2O3S2. The molecule has 2 aromatic rings. The summed E-state index contributed by atoms with van der Waals surface area (Å²) in [6, 6.07) is 7.96. The Balaban J connectivity index is 1.96. The number of hydrogen-bond acceptors (Lipinski definition) is 6. The van der Waals surface area contributed by atoms with Crippen molar-refractivity contribution in [3.63, 3.8) is 0 Å². The van der Waals surface area contributed by atoms with Gasteiger partial charge in [0.15, 0.2) is 0 Å². The normalized spacial score (nSPS) is 16.1. The van der Waals surface area contributed by atoms with Crippen LogP contribution in [0.1, 0.15) is 43.6 Å². The molecule has 3 rings (SSSR count). The van der Waals surface area contributed by atoms with E-state index in [1.54, 1.807) is 18.7 Å². The van der Waals surface area contributed by atoms with Crippen LogP contribution < -0.4 is 10.6 Å². The Morgan fingerprint density at radius 1 is 1.29 bits per heavy atom. The highest BCUT2D eigenvalue weighted by Crippen LogP contribution is 2.38. The first-order valence-electron chi connectivity index (χ1n) is 7.57. The summed E-state index contributed by atoms with van der Waals surface area (Å²) in [6.45, 7) is 3.90. The fourth-order valence-electron chi connectivity index (χ4n) is 2.64. The standard InChI is InChI=1S/C17H18N2O3S2/c1-4-22-17(21)14-13-12(9(2)24-14)16(20)19-15(18-13)10-5-7-11(23-3)8-6-10/h5-8,15,18H,4H2,1-3H3,(H,19,20). The molecule has 7 heteroatoms. The molecule has 1 atom stereocenters. The Kier molecular flexibility index (Phi) is 4.82. The lowest BCUT2D eigenvalue weighted by atomic mass is 10.1. The SMILES string of the molecule is CCOC(=O)c1sc(C)c2c1NC(c1ccc(SC)cc1)NC2=O. The molecule has 5 nitrogen and oxygen atoms in total. The second-order valence-corrected chi connectivity index (χ2v) is 7.39. The Morgan fingerprint density at radius 3 is 2.62 bits per heavy atom. The quantitative estimate of drug-likeness (QED) is 0.639. The number of carbonyl (C=O) groups is 2. The van der Waals surface area contributed by atoms with Crippen molar-refractivity contribution < 1.29 is 14.3 Å². The summed E-state index contributed by atoms with van der Waals surface area (Å²) in [7, 11) is 0. The average Bonchev–Trinajstić information content (AvgIpc) is 2.92. The Labute approximate surface area is 148 Å². The van der Waals surface area contributed by atoms with Gasteiger partial charge in [-0.3, -0.25) is 4.79 Å². The van der Waals surface area contributed by atoms with Crippen LogP contribution in [0.25, 0.3) is 0 Å². The lowest BCUT2D eigenvalue weighted by Gasteiger charge is -2.27. The maximum Gasteiger partial charge on any atom is 0.350 e. The Morgan fingerprint density at radius 2 is 2.00 bits per heavy atom. The van der Waals surface area contributed by atoms with Gasteiger partial charge in [-0.25, -0.2) is 4.79 Å². The first-order valence-corrected chi connectivity index (χ1v) is 9.61. The van der Waals surface area contributed by atoms with Crippen LogP contribution in [0, 0.1) is 6.92 Å². The van der Waals surface area contributed by atoms with Crippen molar-refractivity contribution >= 4 is 40.7 Å². The minimum Gasteiger partial charge on any atom is -0.462 e. The minimum absolute atomic E-state index is 0.174. The summed E-state index contributed by atoms with van der Waals surface area (Å²) in [5.74, 6) is -0.572. The van der Waals surface area contributed by atoms with Gasteiger partial charge in [-0.1, -0.05) is 12.1 Å². The molecular weight excluding hydrogens is 344 g/mol. The molecule has 1 amide bonds. The van der Waals surface area contributed by atoms with E-state index in [1.807, 2.05) is 37.4 Å². The van der Waals surface area contributed by atoms with Crippen LogP contribution in [0.3, 0.4) is 0 Å². The van der Waals surface area contributed by atoms with Gasteiger partial charge in [-0.15, -0.1) is 23.1 Å². The molecule has 2 heterocycles. The number of thiophene rings is 1. The number of carbonyl (C=O) groups excluding carboxylic acids is 2. The highest BCUT2D eigenvalue weighted by atomic mass is 32.2. The van der Waals surface area contributed by atoms with Gasteiger partial charge in [-0.2, -0.15) is 0 Å². The van der Waals surface area contributed by atoms with E-state index >= 15 is 0 Å². The monoisotopic (exact) mass is 362 g/mol. The van der Waals surface area contributed by atoms with Crippen LogP contribution in [0.5, 0.6) is 0 Å². The zero-order valence-corrected chi connectivity index (χ0v) is 15.3. The third kappa shape index (κ3) is 3.01. The topological polar surface area (TPSA) is 67.4 Å². The lowest BCUT2D eigenvalue weighted by Crippen LogP contribution is -2.38. The van der Waals surface area contributed by atoms with Crippen molar-refractivity contribution in [2.45, 2.75) is 24.9 Å². The van der Waals surface area contributed by atoms with Gasteiger partial charge in [0.1, 0.15) is 11.0 Å². The molecule has 0 saturated heterocycles. The third-order valence-corrected chi connectivity index (χ3v) is 5.61. The number of fused-ring (bicyclic) bond motifs is 1. The maximum absolute atomic E-state index is 12.5. The predicted octanol–water partition coefficient (Wildman–Crippen LogP) is 3.81. The van der Waals surface area contributed by atoms with Crippen molar-refractivity contribution in [2.75, 3.05) is 18.2 Å². The van der Waals surface area contributed by atoms with Crippen molar-refractivity contribution in [3.05, 3.63) is 45.1 Å². The number of nitrogens with one attached hydrogen (secondary N) is 2. The summed E-state index contributed by atoms with van der Waals surface area (Å²) < 4.78 is 5.11. The van der Waals surface area contributed by atoms with Gasteiger partial charge in [-0.05, 0) is 37.8 Å². The molecule has 126 valence electrons. The highest BCUT2D eigenvalue weighted by molar-refractivity contribution is 7.98. The van der Waals surface area contributed by atoms with E-state index < -0.39 is 5.97 Å². The molecule has 1 aliphatic rings. The van der Waals surface area contributed by atoms with E-state index in [1.165, 1.54) is 11.3 Å². The summed E-state index contributed by atoms with van der Waals surface area (Å²) in [6.07, 6.45) is 1.64. The molecule has 1 unspecified atom stereocenters. The van der Waals surface area contributed by atoms with Crippen LogP contribution >= 0.6 is 23.1 Å². The number of thioether (sulfide) groups is 1. The summed E-state index contributed by atoms with van der Waals surface area (Å²) in [5, 5.41) is 6.23. The fraction of sp³-hybridized carbons (Fsp3) is 0.294. The van der Waals surface area contributed by atoms with Crippen molar-refractivity contribution in [1.82, 2.24) is 5.32 Å². The molecule has 0 bridgehead atoms. The van der Waals surface area contributed by atoms with E-state index in [0.717, 1.165) is 15.3 Å². The second kappa shape index (κ2) is 6.86. The Hall–Kier alpha value is -1.99. The van der Waals surface area contributed by atoms with E-state index in [9.17, 15) is 9.59 Å². The minimum atomic E-state index is -0.398. The molecule has 0 spiro atoms. The highest BCUT2D eigenvalue weighted by Gasteiger charge is 2.33. The molecule has 0 aliphatic carbocycles. The molecule has 24 heavy (non-hydrogen) atoms. The smallest absolute Gasteiger partial charge is 0.350 e. The van der Waals surface area contributed by atoms with Crippen molar-refractivity contribution in [3.8, 4) is 0 Å². The largest absolute Gasteiger partial charge is 0.462 e. The summed E-state index contributed by atoms with van der Waals surface area (Å²) in [5.41, 5.74) is 2.03. The number of benzene rings is 1. The summed E-state index contributed by atoms with van der Waals surface area (Å²) >= 11 is 2.95. The number of amides is 1.